The van der Waals surface area contributed by atoms with Crippen LogP contribution < -0.4 is 0 Å². The molecule has 1 aromatic carbocycles. The number of benzene rings is 1. The van der Waals surface area contributed by atoms with Crippen LogP contribution in [0.3, 0.4) is 0 Å². The normalized spacial score (nSPS) is 11.4. The van der Waals surface area contributed by atoms with Gasteiger partial charge >= 0.3 is 0 Å². The molecule has 5 heteroatoms. The summed E-state index contributed by atoms with van der Waals surface area (Å²) >= 11 is 0. The Morgan fingerprint density at radius 3 is 1.32 bits per heavy atom. The maximum absolute atomic E-state index is 12.0. The summed E-state index contributed by atoms with van der Waals surface area (Å²) in [6, 6.07) is 8.38. The maximum atomic E-state index is 12.0. The largest absolute Gasteiger partial charge is 0.296 e. The van der Waals surface area contributed by atoms with Gasteiger partial charge in [-0.1, -0.05) is 134 Å². The van der Waals surface area contributed by atoms with Gasteiger partial charge in [-0.25, -0.2) is 0 Å². The van der Waals surface area contributed by atoms with Crippen molar-refractivity contribution in [1.82, 2.24) is 0 Å². The first-order valence-corrected chi connectivity index (χ1v) is 14.0. The van der Waals surface area contributed by atoms with Crippen molar-refractivity contribution in [3.63, 3.8) is 0 Å². The van der Waals surface area contributed by atoms with Crippen LogP contribution in [0.25, 0.3) is 0 Å². The van der Waals surface area contributed by atoms with Crippen LogP contribution in [0, 0.1) is 0 Å². The van der Waals surface area contributed by atoms with Gasteiger partial charge in [0, 0.05) is 29.6 Å². The van der Waals surface area contributed by atoms with Gasteiger partial charge in [0.2, 0.25) is 0 Å². The van der Waals surface area contributed by atoms with Gasteiger partial charge in [0.15, 0.2) is 0 Å². The monoisotopic (exact) mass is 461 g/mol. The van der Waals surface area contributed by atoms with E-state index in [0.29, 0.717) is 0 Å². The van der Waals surface area contributed by atoms with E-state index in [0.717, 1.165) is 12.8 Å². The molecule has 0 aliphatic heterocycles. The van der Waals surface area contributed by atoms with E-state index in [1.807, 2.05) is 0 Å². The van der Waals surface area contributed by atoms with Crippen LogP contribution in [0.5, 0.6) is 0 Å². The molecule has 0 atom stereocenters. The van der Waals surface area contributed by atoms with Crippen molar-refractivity contribution in [3.8, 4) is 0 Å². The van der Waals surface area contributed by atoms with E-state index in [1.54, 1.807) is 30.3 Å². The molecule has 0 aromatic heterocycles. The maximum Gasteiger partial charge on any atom is 0.296 e. The Balaban J connectivity index is 0.00000900. The zero-order chi connectivity index (χ0) is 21.8. The van der Waals surface area contributed by atoms with Gasteiger partial charge in [-0.05, 0) is 18.6 Å². The summed E-state index contributed by atoms with van der Waals surface area (Å²) < 4.78 is 29.1. The van der Waals surface area contributed by atoms with E-state index in [2.05, 4.69) is 6.92 Å². The molecule has 175 valence electrons. The van der Waals surface area contributed by atoms with Gasteiger partial charge in [-0.15, -0.1) is 0 Å². The average Bonchev–Trinajstić information content (AvgIpc) is 2.76. The summed E-state index contributed by atoms with van der Waals surface area (Å²) in [5, 5.41) is 0. The van der Waals surface area contributed by atoms with Gasteiger partial charge in [0.1, 0.15) is 0 Å². The second-order valence-electron chi connectivity index (χ2n) is 8.60. The molecule has 1 aromatic rings. The first-order valence-electron chi connectivity index (χ1n) is 12.6. The topological polar surface area (TPSA) is 43.4 Å². The molecular weight excluding hydrogens is 415 g/mol. The standard InChI is InChI=1S/C26H46O3S.Na/c1-2-3-4-5-6-7-8-9-10-11-12-13-14-15-16-17-18-22-25-29-30(27,28)26-23-20-19-21-24-26;/h19-21,23-24H,2-18,22,25H2,1H3;. The first kappa shape index (κ1) is 31.1. The Hall–Kier alpha value is 0.130. The fourth-order valence-electron chi connectivity index (χ4n) is 3.83. The van der Waals surface area contributed by atoms with E-state index in [9.17, 15) is 8.42 Å². The minimum Gasteiger partial charge on any atom is -0.266 e. The van der Waals surface area contributed by atoms with Crippen LogP contribution in [0.15, 0.2) is 35.2 Å². The van der Waals surface area contributed by atoms with Crippen LogP contribution in [0.2, 0.25) is 0 Å². The van der Waals surface area contributed by atoms with Crippen LogP contribution >= 0.6 is 0 Å². The summed E-state index contributed by atoms with van der Waals surface area (Å²) in [6.45, 7) is 2.57. The SMILES string of the molecule is CCCCCCCCCCCCCCCCCCCCOS(=O)(=O)c1ccccc1.[Na]. The van der Waals surface area contributed by atoms with Crippen molar-refractivity contribution >= 4 is 39.7 Å². The zero-order valence-corrected chi connectivity index (χ0v) is 23.3. The summed E-state index contributed by atoms with van der Waals surface area (Å²) in [6.07, 6.45) is 23.9. The van der Waals surface area contributed by atoms with Gasteiger partial charge < -0.3 is 0 Å². The molecular formula is C26H46NaO3S. The van der Waals surface area contributed by atoms with E-state index in [-0.39, 0.29) is 41.1 Å². The third-order valence-electron chi connectivity index (χ3n) is 5.77. The molecule has 0 fully saturated rings. The van der Waals surface area contributed by atoms with Crippen LogP contribution in [0.1, 0.15) is 122 Å². The predicted molar refractivity (Wildman–Crippen MR) is 134 cm³/mol. The predicted octanol–water partition coefficient (Wildman–Crippen LogP) is 8.05. The van der Waals surface area contributed by atoms with Gasteiger partial charge in [-0.2, -0.15) is 8.42 Å². The number of unbranched alkanes of at least 4 members (excludes halogenated alkanes) is 17. The van der Waals surface area contributed by atoms with Crippen molar-refractivity contribution in [3.05, 3.63) is 30.3 Å². The number of rotatable bonds is 21. The van der Waals surface area contributed by atoms with Gasteiger partial charge in [0.05, 0.1) is 11.5 Å². The van der Waals surface area contributed by atoms with Crippen molar-refractivity contribution in [1.29, 1.82) is 0 Å². The molecule has 1 radical (unpaired) electrons. The van der Waals surface area contributed by atoms with E-state index < -0.39 is 10.1 Å². The average molecular weight is 462 g/mol. The molecule has 0 saturated heterocycles. The molecule has 0 aliphatic rings. The first-order chi connectivity index (χ1) is 14.7. The van der Waals surface area contributed by atoms with Crippen molar-refractivity contribution in [2.45, 2.75) is 127 Å². The quantitative estimate of drug-likeness (QED) is 0.106. The van der Waals surface area contributed by atoms with Crippen LogP contribution in [-0.4, -0.2) is 44.6 Å². The molecule has 0 N–H and O–H groups in total. The smallest absolute Gasteiger partial charge is 0.266 e. The van der Waals surface area contributed by atoms with Crippen molar-refractivity contribution in [2.24, 2.45) is 0 Å². The Bertz CT molecular complexity index is 590. The molecule has 0 bridgehead atoms. The molecule has 0 saturated carbocycles. The molecule has 0 amide bonds. The third-order valence-corrected chi connectivity index (χ3v) is 7.09. The minimum atomic E-state index is -3.58. The van der Waals surface area contributed by atoms with Crippen molar-refractivity contribution < 1.29 is 12.6 Å². The Morgan fingerprint density at radius 2 is 0.935 bits per heavy atom. The minimum absolute atomic E-state index is 0. The third kappa shape index (κ3) is 18.3. The summed E-state index contributed by atoms with van der Waals surface area (Å²) in [4.78, 5) is 0.243. The van der Waals surface area contributed by atoms with Gasteiger partial charge in [-0.3, -0.25) is 4.18 Å². The van der Waals surface area contributed by atoms with Crippen LogP contribution in [-0.2, 0) is 14.3 Å². The number of hydrogen-bond donors (Lipinski definition) is 0. The Morgan fingerprint density at radius 1 is 0.581 bits per heavy atom. The summed E-state index contributed by atoms with van der Waals surface area (Å²) in [7, 11) is -3.58. The Kier molecular flexibility index (Phi) is 22.0. The molecule has 0 spiro atoms. The summed E-state index contributed by atoms with van der Waals surface area (Å²) in [5.74, 6) is 0. The second kappa shape index (κ2) is 21.9. The molecule has 0 aliphatic carbocycles. The van der Waals surface area contributed by atoms with Crippen LogP contribution in [0.4, 0.5) is 0 Å². The van der Waals surface area contributed by atoms with E-state index in [4.69, 9.17) is 4.18 Å². The fourth-order valence-corrected chi connectivity index (χ4v) is 4.79. The molecule has 1 rings (SSSR count). The number of hydrogen-bond acceptors (Lipinski definition) is 3. The van der Waals surface area contributed by atoms with Gasteiger partial charge in [0.25, 0.3) is 10.1 Å². The van der Waals surface area contributed by atoms with E-state index in [1.165, 1.54) is 103 Å². The zero-order valence-electron chi connectivity index (χ0n) is 20.5. The van der Waals surface area contributed by atoms with Crippen molar-refractivity contribution in [2.75, 3.05) is 6.61 Å². The molecule has 3 nitrogen and oxygen atoms in total. The molecule has 0 heterocycles. The van der Waals surface area contributed by atoms with E-state index >= 15 is 0 Å². The fraction of sp³-hybridized carbons (Fsp3) is 0.769. The molecule has 0 unspecified atom stereocenters. The Labute approximate surface area is 215 Å². The summed E-state index contributed by atoms with van der Waals surface area (Å²) in [5.41, 5.74) is 0. The second-order valence-corrected chi connectivity index (χ2v) is 10.2. The molecule has 31 heavy (non-hydrogen) atoms.